The minimum Gasteiger partial charge on any atom is -0.479 e. The number of rotatable bonds is 5. The van der Waals surface area contributed by atoms with E-state index in [0.29, 0.717) is 13.0 Å². The summed E-state index contributed by atoms with van der Waals surface area (Å²) < 4.78 is 5.64. The third-order valence-electron chi connectivity index (χ3n) is 3.85. The molecule has 20 heavy (non-hydrogen) atoms. The van der Waals surface area contributed by atoms with Crippen molar-refractivity contribution in [3.63, 3.8) is 0 Å². The monoisotopic (exact) mass is 272 g/mol. The Hall–Kier alpha value is -1.84. The van der Waals surface area contributed by atoms with Crippen LogP contribution in [0.4, 0.5) is 0 Å². The van der Waals surface area contributed by atoms with Gasteiger partial charge in [0.1, 0.15) is 6.61 Å². The van der Waals surface area contributed by atoms with E-state index < -0.39 is 0 Å². The van der Waals surface area contributed by atoms with Gasteiger partial charge in [0, 0.05) is 25.9 Å². The van der Waals surface area contributed by atoms with Gasteiger partial charge in [-0.15, -0.1) is 0 Å². The van der Waals surface area contributed by atoms with Crippen molar-refractivity contribution in [1.29, 1.82) is 0 Å². The van der Waals surface area contributed by atoms with Gasteiger partial charge in [-0.3, -0.25) is 4.79 Å². The zero-order valence-electron chi connectivity index (χ0n) is 11.6. The van der Waals surface area contributed by atoms with Crippen LogP contribution in [-0.4, -0.2) is 42.4 Å². The summed E-state index contributed by atoms with van der Waals surface area (Å²) in [6, 6.07) is 10.6. The van der Waals surface area contributed by atoms with Crippen LogP contribution in [0.1, 0.15) is 24.8 Å². The summed E-state index contributed by atoms with van der Waals surface area (Å²) in [6.07, 6.45) is 3.36. The highest BCUT2D eigenvalue weighted by Crippen LogP contribution is 2.15. The first-order chi connectivity index (χ1) is 9.81. The highest BCUT2D eigenvalue weighted by molar-refractivity contribution is 5.81. The lowest BCUT2D eigenvalue weighted by Gasteiger charge is -2.14. The lowest BCUT2D eigenvalue weighted by atomic mass is 10.1. The number of carbonyl (C=O) groups excluding carboxylic acids is 1. The Labute approximate surface area is 119 Å². The summed E-state index contributed by atoms with van der Waals surface area (Å²) in [5, 5.41) is 0. The zero-order valence-corrected chi connectivity index (χ0v) is 11.6. The Bertz CT molecular complexity index is 498. The summed E-state index contributed by atoms with van der Waals surface area (Å²) in [5.74, 6) is 1.08. The van der Waals surface area contributed by atoms with Crippen molar-refractivity contribution in [3.05, 3.63) is 35.9 Å². The predicted octanol–water partition coefficient (Wildman–Crippen LogP) is 2.04. The molecule has 1 saturated heterocycles. The molecule has 0 spiro atoms. The average Bonchev–Trinajstić information content (AvgIpc) is 3.07. The molecule has 0 bridgehead atoms. The molecule has 0 N–H and O–H groups in total. The minimum atomic E-state index is 0.224. The molecule has 2 aliphatic rings. The quantitative estimate of drug-likeness (QED) is 0.823. The number of hydrogen-bond donors (Lipinski definition) is 0. The molecule has 1 aromatic carbocycles. The largest absolute Gasteiger partial charge is 0.479 e. The number of benzene rings is 1. The van der Waals surface area contributed by atoms with Gasteiger partial charge in [-0.2, -0.15) is 0 Å². The third-order valence-corrected chi connectivity index (χ3v) is 3.85. The van der Waals surface area contributed by atoms with Crippen molar-refractivity contribution in [3.8, 4) is 0 Å². The van der Waals surface area contributed by atoms with Crippen LogP contribution in [-0.2, 0) is 16.0 Å². The van der Waals surface area contributed by atoms with Crippen LogP contribution in [0.25, 0.3) is 0 Å². The van der Waals surface area contributed by atoms with Gasteiger partial charge >= 0.3 is 0 Å². The molecule has 3 rings (SSSR count). The van der Waals surface area contributed by atoms with Gasteiger partial charge in [-0.1, -0.05) is 30.3 Å². The lowest BCUT2D eigenvalue weighted by Crippen LogP contribution is -2.27. The summed E-state index contributed by atoms with van der Waals surface area (Å²) in [4.78, 5) is 18.1. The van der Waals surface area contributed by atoms with Crippen molar-refractivity contribution < 1.29 is 9.53 Å². The first kappa shape index (κ1) is 13.2. The topological polar surface area (TPSA) is 41.9 Å². The first-order valence-corrected chi connectivity index (χ1v) is 7.32. The van der Waals surface area contributed by atoms with E-state index in [4.69, 9.17) is 4.74 Å². The third kappa shape index (κ3) is 3.18. The van der Waals surface area contributed by atoms with E-state index in [1.807, 2.05) is 11.0 Å². The van der Waals surface area contributed by atoms with Crippen LogP contribution in [0.15, 0.2) is 35.3 Å². The number of amides is 1. The summed E-state index contributed by atoms with van der Waals surface area (Å²) >= 11 is 0. The molecule has 1 amide bonds. The fourth-order valence-electron chi connectivity index (χ4n) is 2.77. The molecule has 0 aliphatic carbocycles. The number of hydrogen-bond acceptors (Lipinski definition) is 3. The smallest absolute Gasteiger partial charge is 0.222 e. The molecule has 1 atom stereocenters. The molecular weight excluding hydrogens is 252 g/mol. The Kier molecular flexibility index (Phi) is 4.00. The maximum Gasteiger partial charge on any atom is 0.222 e. The van der Waals surface area contributed by atoms with E-state index in [0.717, 1.165) is 38.2 Å². The van der Waals surface area contributed by atoms with Gasteiger partial charge in [0.2, 0.25) is 5.91 Å². The Morgan fingerprint density at radius 3 is 2.90 bits per heavy atom. The maximum absolute atomic E-state index is 11.5. The number of aliphatic imine (C=N–C) groups is 1. The van der Waals surface area contributed by atoms with E-state index in [2.05, 4.69) is 29.3 Å². The van der Waals surface area contributed by atoms with Crippen LogP contribution in [0.5, 0.6) is 0 Å². The minimum absolute atomic E-state index is 0.224. The molecule has 2 heterocycles. The highest BCUT2D eigenvalue weighted by atomic mass is 16.5. The Morgan fingerprint density at radius 1 is 1.30 bits per heavy atom. The summed E-state index contributed by atoms with van der Waals surface area (Å²) in [7, 11) is 0. The number of carbonyl (C=O) groups is 1. The lowest BCUT2D eigenvalue weighted by molar-refractivity contribution is -0.127. The van der Waals surface area contributed by atoms with Crippen LogP contribution in [0.2, 0.25) is 0 Å². The predicted molar refractivity (Wildman–Crippen MR) is 77.8 cm³/mol. The second-order valence-electron chi connectivity index (χ2n) is 5.41. The SMILES string of the molecule is O=C1CCCN1CCC1=N[C@@H](Cc2ccccc2)CO1. The van der Waals surface area contributed by atoms with E-state index in [9.17, 15) is 4.79 Å². The molecule has 106 valence electrons. The second-order valence-corrected chi connectivity index (χ2v) is 5.41. The highest BCUT2D eigenvalue weighted by Gasteiger charge is 2.23. The number of nitrogens with zero attached hydrogens (tertiary/aromatic N) is 2. The van der Waals surface area contributed by atoms with Crippen molar-refractivity contribution in [2.24, 2.45) is 4.99 Å². The molecule has 0 aromatic heterocycles. The fourth-order valence-corrected chi connectivity index (χ4v) is 2.77. The van der Waals surface area contributed by atoms with Crippen LogP contribution in [0, 0.1) is 0 Å². The van der Waals surface area contributed by atoms with Crippen molar-refractivity contribution in [1.82, 2.24) is 4.90 Å². The van der Waals surface area contributed by atoms with E-state index >= 15 is 0 Å². The standard InChI is InChI=1S/C16H20N2O2/c19-16-7-4-9-18(16)10-8-15-17-14(12-20-15)11-13-5-2-1-3-6-13/h1-3,5-6,14H,4,7-12H2/t14-/m0/s1. The van der Waals surface area contributed by atoms with Gasteiger partial charge < -0.3 is 9.64 Å². The van der Waals surface area contributed by atoms with E-state index in [1.165, 1.54) is 5.56 Å². The average molecular weight is 272 g/mol. The van der Waals surface area contributed by atoms with Crippen molar-refractivity contribution in [2.75, 3.05) is 19.7 Å². The summed E-state index contributed by atoms with van der Waals surface area (Å²) in [6.45, 7) is 2.30. The first-order valence-electron chi connectivity index (χ1n) is 7.32. The molecule has 1 aromatic rings. The van der Waals surface area contributed by atoms with Crippen LogP contribution >= 0.6 is 0 Å². The molecule has 1 fully saturated rings. The van der Waals surface area contributed by atoms with Crippen LogP contribution in [0.3, 0.4) is 0 Å². The zero-order chi connectivity index (χ0) is 13.8. The van der Waals surface area contributed by atoms with Gasteiger partial charge in [0.15, 0.2) is 5.90 Å². The molecule has 0 unspecified atom stereocenters. The van der Waals surface area contributed by atoms with Crippen molar-refractivity contribution in [2.45, 2.75) is 31.7 Å². The maximum atomic E-state index is 11.5. The van der Waals surface area contributed by atoms with Gasteiger partial charge in [-0.05, 0) is 18.4 Å². The molecule has 4 heteroatoms. The second kappa shape index (κ2) is 6.07. The molecule has 2 aliphatic heterocycles. The Morgan fingerprint density at radius 2 is 2.15 bits per heavy atom. The van der Waals surface area contributed by atoms with Crippen molar-refractivity contribution >= 4 is 11.8 Å². The van der Waals surface area contributed by atoms with Gasteiger partial charge in [0.05, 0.1) is 6.04 Å². The number of likely N-dealkylation sites (tertiary alicyclic amines) is 1. The van der Waals surface area contributed by atoms with Gasteiger partial charge in [-0.25, -0.2) is 4.99 Å². The van der Waals surface area contributed by atoms with E-state index in [1.54, 1.807) is 0 Å². The Balaban J connectivity index is 1.49. The molecule has 0 saturated carbocycles. The van der Waals surface area contributed by atoms with E-state index in [-0.39, 0.29) is 11.9 Å². The molecule has 0 radical (unpaired) electrons. The normalized spacial score (nSPS) is 22.0. The molecular formula is C16H20N2O2. The fraction of sp³-hybridized carbons (Fsp3) is 0.500. The van der Waals surface area contributed by atoms with Gasteiger partial charge in [0.25, 0.3) is 0 Å². The number of ether oxygens (including phenoxy) is 1. The van der Waals surface area contributed by atoms with Crippen LogP contribution < -0.4 is 0 Å². The summed E-state index contributed by atoms with van der Waals surface area (Å²) in [5.41, 5.74) is 1.29. The molecule has 4 nitrogen and oxygen atoms in total.